The molecule has 0 saturated carbocycles. The molecule has 4 heteroatoms. The molecule has 3 rings (SSSR count). The molecule has 0 aliphatic rings. The van der Waals surface area contributed by atoms with E-state index in [0.29, 0.717) is 0 Å². The van der Waals surface area contributed by atoms with Gasteiger partial charge in [-0.15, -0.1) is 11.3 Å². The second-order valence-corrected chi connectivity index (χ2v) is 5.70. The Hall–Kier alpha value is -1.65. The molecule has 19 heavy (non-hydrogen) atoms. The number of nitrogens with one attached hydrogen (secondary N) is 1. The molecule has 0 fully saturated rings. The molecule has 1 aromatic carbocycles. The van der Waals surface area contributed by atoms with Crippen LogP contribution in [0.1, 0.15) is 22.4 Å². The maximum absolute atomic E-state index is 5.58. The first kappa shape index (κ1) is 12.4. The fourth-order valence-electron chi connectivity index (χ4n) is 2.25. The van der Waals surface area contributed by atoms with Crippen LogP contribution >= 0.6 is 11.3 Å². The van der Waals surface area contributed by atoms with Gasteiger partial charge in [0.25, 0.3) is 0 Å². The van der Waals surface area contributed by atoms with E-state index < -0.39 is 0 Å². The van der Waals surface area contributed by atoms with Crippen molar-refractivity contribution in [3.8, 4) is 0 Å². The lowest BCUT2D eigenvalue weighted by molar-refractivity contribution is 0.426. The highest BCUT2D eigenvalue weighted by Gasteiger charge is 2.17. The van der Waals surface area contributed by atoms with Crippen LogP contribution in [0, 0.1) is 6.92 Å². The molecule has 0 radical (unpaired) electrons. The molecule has 0 bridgehead atoms. The molecule has 3 aromatic rings. The van der Waals surface area contributed by atoms with Crippen molar-refractivity contribution in [3.63, 3.8) is 0 Å². The van der Waals surface area contributed by atoms with Crippen LogP contribution in [0.3, 0.4) is 0 Å². The molecule has 1 atom stereocenters. The van der Waals surface area contributed by atoms with Gasteiger partial charge in [-0.2, -0.15) is 0 Å². The fraction of sp³-hybridized carbons (Fsp3) is 0.267. The van der Waals surface area contributed by atoms with E-state index in [1.54, 1.807) is 17.6 Å². The van der Waals surface area contributed by atoms with Gasteiger partial charge in [0.1, 0.15) is 5.76 Å². The number of rotatable bonds is 4. The van der Waals surface area contributed by atoms with Crippen LogP contribution in [0.4, 0.5) is 0 Å². The van der Waals surface area contributed by atoms with Crippen LogP contribution in [0.2, 0.25) is 0 Å². The first-order valence-electron chi connectivity index (χ1n) is 6.33. The quantitative estimate of drug-likeness (QED) is 0.787. The second-order valence-electron chi connectivity index (χ2n) is 4.59. The number of furan rings is 1. The third-order valence-corrected chi connectivity index (χ3v) is 4.34. The van der Waals surface area contributed by atoms with Crippen molar-refractivity contribution >= 4 is 21.6 Å². The van der Waals surface area contributed by atoms with Gasteiger partial charge in [-0.1, -0.05) is 12.1 Å². The molecular formula is C15H16N2OS. The zero-order valence-electron chi connectivity index (χ0n) is 11.0. The summed E-state index contributed by atoms with van der Waals surface area (Å²) in [7, 11) is 1.96. The average molecular weight is 272 g/mol. The van der Waals surface area contributed by atoms with E-state index in [1.165, 1.54) is 10.3 Å². The second kappa shape index (κ2) is 5.15. The maximum Gasteiger partial charge on any atom is 0.123 e. The minimum absolute atomic E-state index is 0.176. The highest BCUT2D eigenvalue weighted by molar-refractivity contribution is 7.18. The number of hydrogen-bond donors (Lipinski definition) is 1. The number of likely N-dealkylation sites (N-methyl/N-ethyl adjacent to an activating group) is 1. The molecule has 0 spiro atoms. The van der Waals surface area contributed by atoms with Crippen LogP contribution in [0.15, 0.2) is 41.0 Å². The highest BCUT2D eigenvalue weighted by atomic mass is 32.1. The normalized spacial score (nSPS) is 12.9. The largest absolute Gasteiger partial charge is 0.467 e. The first-order chi connectivity index (χ1) is 9.28. The molecule has 0 aliphatic carbocycles. The molecule has 2 heterocycles. The first-order valence-corrected chi connectivity index (χ1v) is 7.15. The third-order valence-electron chi connectivity index (χ3n) is 3.28. The highest BCUT2D eigenvalue weighted by Crippen LogP contribution is 2.27. The number of hydrogen-bond acceptors (Lipinski definition) is 4. The van der Waals surface area contributed by atoms with Crippen molar-refractivity contribution < 1.29 is 4.42 Å². The average Bonchev–Trinajstić information content (AvgIpc) is 3.01. The zero-order chi connectivity index (χ0) is 13.2. The van der Waals surface area contributed by atoms with Crippen molar-refractivity contribution in [3.05, 3.63) is 52.9 Å². The summed E-state index contributed by atoms with van der Waals surface area (Å²) in [5.41, 5.74) is 2.26. The topological polar surface area (TPSA) is 38.1 Å². The lowest BCUT2D eigenvalue weighted by atomic mass is 10.1. The Bertz CT molecular complexity index is 653. The van der Waals surface area contributed by atoms with Gasteiger partial charge in [-0.05, 0) is 37.7 Å². The van der Waals surface area contributed by atoms with E-state index in [0.717, 1.165) is 22.7 Å². The van der Waals surface area contributed by atoms with Crippen molar-refractivity contribution in [2.75, 3.05) is 7.05 Å². The van der Waals surface area contributed by atoms with E-state index in [2.05, 4.69) is 35.4 Å². The molecule has 3 nitrogen and oxygen atoms in total. The van der Waals surface area contributed by atoms with E-state index in [4.69, 9.17) is 4.42 Å². The summed E-state index contributed by atoms with van der Waals surface area (Å²) in [5.74, 6) is 1.00. The summed E-state index contributed by atoms with van der Waals surface area (Å²) in [6.45, 7) is 2.07. The summed E-state index contributed by atoms with van der Waals surface area (Å²) >= 11 is 1.75. The molecule has 1 N–H and O–H groups in total. The number of benzene rings is 1. The Balaban J connectivity index is 1.88. The van der Waals surface area contributed by atoms with E-state index in [-0.39, 0.29) is 6.04 Å². The van der Waals surface area contributed by atoms with Crippen molar-refractivity contribution in [2.45, 2.75) is 19.4 Å². The number of para-hydroxylation sites is 1. The van der Waals surface area contributed by atoms with Gasteiger partial charge in [0.2, 0.25) is 0 Å². The predicted octanol–water partition coefficient (Wildman–Crippen LogP) is 3.70. The molecule has 98 valence electrons. The van der Waals surface area contributed by atoms with Crippen LogP contribution in [-0.2, 0) is 6.42 Å². The van der Waals surface area contributed by atoms with E-state index >= 15 is 0 Å². The number of nitrogens with zero attached hydrogens (tertiary/aromatic N) is 1. The molecule has 0 amide bonds. The molecule has 1 unspecified atom stereocenters. The standard InChI is InChI=1S/C15H16N2OS/c1-10-7-8-18-15(10)12(16-2)9-14-17-11-5-3-4-6-13(11)19-14/h3-8,12,16H,9H2,1-2H3. The van der Waals surface area contributed by atoms with Gasteiger partial charge in [0.05, 0.1) is 27.5 Å². The van der Waals surface area contributed by atoms with Crippen LogP contribution < -0.4 is 5.32 Å². The Kier molecular flexibility index (Phi) is 3.36. The summed E-state index contributed by atoms with van der Waals surface area (Å²) in [4.78, 5) is 4.68. The monoisotopic (exact) mass is 272 g/mol. The summed E-state index contributed by atoms with van der Waals surface area (Å²) < 4.78 is 6.82. The Morgan fingerprint density at radius 1 is 1.32 bits per heavy atom. The van der Waals surface area contributed by atoms with Crippen molar-refractivity contribution in [1.82, 2.24) is 10.3 Å². The SMILES string of the molecule is CNC(Cc1nc2ccccc2s1)c1occc1C. The van der Waals surface area contributed by atoms with Gasteiger partial charge in [0.15, 0.2) is 0 Å². The Morgan fingerprint density at radius 3 is 2.84 bits per heavy atom. The van der Waals surface area contributed by atoms with Gasteiger partial charge in [0, 0.05) is 6.42 Å². The van der Waals surface area contributed by atoms with E-state index in [1.807, 2.05) is 19.2 Å². The van der Waals surface area contributed by atoms with Gasteiger partial charge in [-0.25, -0.2) is 4.98 Å². The molecular weight excluding hydrogens is 256 g/mol. The summed E-state index contributed by atoms with van der Waals surface area (Å²) in [5, 5.41) is 4.45. The summed E-state index contributed by atoms with van der Waals surface area (Å²) in [6.07, 6.45) is 2.59. The fourth-order valence-corrected chi connectivity index (χ4v) is 3.26. The minimum atomic E-state index is 0.176. The number of aromatic nitrogens is 1. The van der Waals surface area contributed by atoms with Crippen molar-refractivity contribution in [2.24, 2.45) is 0 Å². The number of fused-ring (bicyclic) bond motifs is 1. The smallest absolute Gasteiger partial charge is 0.123 e. The van der Waals surface area contributed by atoms with Crippen LogP contribution in [0.25, 0.3) is 10.2 Å². The number of thiazole rings is 1. The third kappa shape index (κ3) is 2.41. The van der Waals surface area contributed by atoms with Crippen molar-refractivity contribution in [1.29, 1.82) is 0 Å². The maximum atomic E-state index is 5.58. The lowest BCUT2D eigenvalue weighted by Gasteiger charge is -2.12. The molecule has 0 aliphatic heterocycles. The lowest BCUT2D eigenvalue weighted by Crippen LogP contribution is -2.18. The van der Waals surface area contributed by atoms with Gasteiger partial charge >= 0.3 is 0 Å². The van der Waals surface area contributed by atoms with Crippen LogP contribution in [0.5, 0.6) is 0 Å². The van der Waals surface area contributed by atoms with Crippen LogP contribution in [-0.4, -0.2) is 12.0 Å². The van der Waals surface area contributed by atoms with Gasteiger partial charge in [-0.3, -0.25) is 0 Å². The zero-order valence-corrected chi connectivity index (χ0v) is 11.8. The minimum Gasteiger partial charge on any atom is -0.467 e. The Morgan fingerprint density at radius 2 is 2.16 bits per heavy atom. The van der Waals surface area contributed by atoms with Gasteiger partial charge < -0.3 is 9.73 Å². The summed E-state index contributed by atoms with van der Waals surface area (Å²) in [6, 6.07) is 10.4. The molecule has 2 aromatic heterocycles. The Labute approximate surface area is 116 Å². The molecule has 0 saturated heterocycles. The predicted molar refractivity (Wildman–Crippen MR) is 78.6 cm³/mol. The number of aryl methyl sites for hydroxylation is 1. The van der Waals surface area contributed by atoms with E-state index in [9.17, 15) is 0 Å².